The molecule has 2 aromatic carbocycles. The number of rotatable bonds is 2. The van der Waals surface area contributed by atoms with Gasteiger partial charge < -0.3 is 14.7 Å². The number of allylic oxidation sites excluding steroid dienone is 2. The molecule has 2 aromatic rings. The molecule has 0 aromatic heterocycles. The average Bonchev–Trinajstić information content (AvgIpc) is 3.04. The number of ketones is 1. The predicted octanol–water partition coefficient (Wildman–Crippen LogP) is 4.74. The summed E-state index contributed by atoms with van der Waals surface area (Å²) in [5.74, 6) is 0.968. The molecule has 1 N–H and O–H groups in total. The van der Waals surface area contributed by atoms with E-state index in [2.05, 4.69) is 49.2 Å². The number of fused-ring (bicyclic) bond motifs is 1. The number of likely N-dealkylation sites (tertiary alicyclic amines) is 1. The number of benzene rings is 2. The van der Waals surface area contributed by atoms with Crippen LogP contribution in [0, 0.1) is 11.3 Å². The third kappa shape index (κ3) is 2.24. The number of aromatic hydroxyl groups is 1. The van der Waals surface area contributed by atoms with Crippen LogP contribution in [-0.4, -0.2) is 42.5 Å². The first-order chi connectivity index (χ1) is 15.4. The number of hydrogen-bond donors (Lipinski definition) is 1. The van der Waals surface area contributed by atoms with Crippen LogP contribution < -0.4 is 4.74 Å². The zero-order chi connectivity index (χ0) is 22.3. The fraction of sp³-hybridized carbons (Fsp3) is 0.464. The van der Waals surface area contributed by atoms with Gasteiger partial charge in [0.25, 0.3) is 0 Å². The lowest BCUT2D eigenvalue weighted by Crippen LogP contribution is -2.67. The molecule has 0 amide bonds. The van der Waals surface area contributed by atoms with E-state index in [1.807, 2.05) is 12.1 Å². The fourth-order valence-electron chi connectivity index (χ4n) is 8.11. The number of carbonyl (C=O) groups excluding carboxylic acids is 1. The van der Waals surface area contributed by atoms with Crippen LogP contribution in [0.1, 0.15) is 49.3 Å². The Labute approximate surface area is 189 Å². The third-order valence-corrected chi connectivity index (χ3v) is 9.40. The maximum atomic E-state index is 13.7. The molecule has 1 saturated heterocycles. The minimum absolute atomic E-state index is 0.0270. The van der Waals surface area contributed by atoms with Gasteiger partial charge in [-0.3, -0.25) is 4.79 Å². The molecule has 166 valence electrons. The van der Waals surface area contributed by atoms with Gasteiger partial charge in [0.1, 0.15) is 5.78 Å². The Bertz CT molecular complexity index is 1150. The lowest BCUT2D eigenvalue weighted by atomic mass is 9.44. The van der Waals surface area contributed by atoms with Gasteiger partial charge in [-0.1, -0.05) is 42.0 Å². The maximum Gasteiger partial charge on any atom is 0.161 e. The second-order valence-corrected chi connectivity index (χ2v) is 10.3. The number of likely N-dealkylation sites (N-methyl/N-ethyl adjacent to an activating group) is 1. The first-order valence-corrected chi connectivity index (χ1v) is 11.8. The third-order valence-electron chi connectivity index (χ3n) is 9.40. The van der Waals surface area contributed by atoms with Crippen molar-refractivity contribution in [3.63, 3.8) is 0 Å². The Morgan fingerprint density at radius 2 is 1.94 bits per heavy atom. The zero-order valence-electron chi connectivity index (χ0n) is 19.1. The Hall–Kier alpha value is -2.59. The highest BCUT2D eigenvalue weighted by Gasteiger charge is 2.73. The summed E-state index contributed by atoms with van der Waals surface area (Å²) in [7, 11) is 3.86. The highest BCUT2D eigenvalue weighted by molar-refractivity contribution is 5.92. The van der Waals surface area contributed by atoms with Crippen LogP contribution in [0.5, 0.6) is 11.5 Å². The van der Waals surface area contributed by atoms with Crippen LogP contribution in [0.25, 0.3) is 5.57 Å². The summed E-state index contributed by atoms with van der Waals surface area (Å²) in [5.41, 5.74) is 5.56. The van der Waals surface area contributed by atoms with Crippen LogP contribution in [0.2, 0.25) is 0 Å². The number of phenols is 1. The number of carbonyl (C=O) groups is 1. The molecule has 4 atom stereocenters. The highest BCUT2D eigenvalue weighted by Crippen LogP contribution is 2.74. The van der Waals surface area contributed by atoms with Gasteiger partial charge in [-0.15, -0.1) is 0 Å². The lowest BCUT2D eigenvalue weighted by Gasteiger charge is -2.64. The molecule has 4 aliphatic rings. The van der Waals surface area contributed by atoms with E-state index in [1.54, 1.807) is 7.11 Å². The Kier molecular flexibility index (Phi) is 4.20. The summed E-state index contributed by atoms with van der Waals surface area (Å²) in [6.45, 7) is 3.14. The van der Waals surface area contributed by atoms with E-state index in [-0.39, 0.29) is 22.5 Å². The smallest absolute Gasteiger partial charge is 0.161 e. The first kappa shape index (κ1) is 20.0. The molecule has 0 radical (unpaired) electrons. The van der Waals surface area contributed by atoms with Gasteiger partial charge >= 0.3 is 0 Å². The molecule has 2 saturated carbocycles. The highest BCUT2D eigenvalue weighted by atomic mass is 16.5. The molecule has 0 spiro atoms. The summed E-state index contributed by atoms with van der Waals surface area (Å²) in [4.78, 5) is 16.3. The van der Waals surface area contributed by atoms with Gasteiger partial charge in [0.05, 0.1) is 7.11 Å². The van der Waals surface area contributed by atoms with Crippen molar-refractivity contribution in [3.05, 3.63) is 64.7 Å². The van der Waals surface area contributed by atoms with Crippen LogP contribution in [-0.2, 0) is 16.6 Å². The molecule has 4 nitrogen and oxygen atoms in total. The number of Topliss-reactive ketones (excluding diaryl/α,β-unsaturated/α-hetero) is 1. The van der Waals surface area contributed by atoms with Crippen molar-refractivity contribution in [1.82, 2.24) is 4.90 Å². The average molecular weight is 430 g/mol. The van der Waals surface area contributed by atoms with Crippen molar-refractivity contribution in [3.8, 4) is 11.5 Å². The maximum absolute atomic E-state index is 13.7. The standard InChI is InChI=1S/C28H31NO3/c1-17(18-7-5-4-6-8-18)20-16-27-12-11-21(30)25(20)28(27)13-14-29(2)23(27)15-19-9-10-22(32-3)26(31)24(19)28/h4-10,23,25,31H,11-16H2,1-3H3/b20-17+/t23?,25?,27-,28+/m1/s1. The van der Waals surface area contributed by atoms with E-state index in [4.69, 9.17) is 4.74 Å². The van der Waals surface area contributed by atoms with Crippen LogP contribution in [0.3, 0.4) is 0 Å². The summed E-state index contributed by atoms with van der Waals surface area (Å²) in [6, 6.07) is 14.9. The molecule has 4 bridgehead atoms. The molecule has 4 heteroatoms. The number of nitrogens with zero attached hydrogens (tertiary/aromatic N) is 1. The molecule has 2 unspecified atom stereocenters. The second kappa shape index (κ2) is 6.71. The fourth-order valence-corrected chi connectivity index (χ4v) is 8.11. The SMILES string of the molecule is COc1ccc2c(c1O)[C@]13CCN(C)C(C2)[C@]12CCC(=O)C3/C(=C(\C)c1ccccc1)C2. The normalized spacial score (nSPS) is 34.7. The van der Waals surface area contributed by atoms with Crippen molar-refractivity contribution >= 4 is 11.4 Å². The van der Waals surface area contributed by atoms with Gasteiger partial charge in [-0.05, 0) is 69.0 Å². The van der Waals surface area contributed by atoms with Crippen molar-refractivity contribution < 1.29 is 14.6 Å². The van der Waals surface area contributed by atoms with E-state index < -0.39 is 0 Å². The molecule has 3 aliphatic carbocycles. The minimum Gasteiger partial charge on any atom is -0.504 e. The number of ether oxygens (including phenoxy) is 1. The first-order valence-electron chi connectivity index (χ1n) is 11.8. The van der Waals surface area contributed by atoms with E-state index in [1.165, 1.54) is 22.3 Å². The number of hydrogen-bond acceptors (Lipinski definition) is 4. The van der Waals surface area contributed by atoms with Gasteiger partial charge in [-0.2, -0.15) is 0 Å². The van der Waals surface area contributed by atoms with Gasteiger partial charge in [0.15, 0.2) is 11.5 Å². The molecule has 3 fully saturated rings. The van der Waals surface area contributed by atoms with Crippen LogP contribution >= 0.6 is 0 Å². The van der Waals surface area contributed by atoms with E-state index in [0.717, 1.165) is 37.8 Å². The van der Waals surface area contributed by atoms with Crippen molar-refractivity contribution in [2.45, 2.75) is 50.5 Å². The monoisotopic (exact) mass is 429 g/mol. The van der Waals surface area contributed by atoms with Crippen LogP contribution in [0.15, 0.2) is 48.0 Å². The molecular formula is C28H31NO3. The second-order valence-electron chi connectivity index (χ2n) is 10.3. The topological polar surface area (TPSA) is 49.8 Å². The quantitative estimate of drug-likeness (QED) is 0.749. The summed E-state index contributed by atoms with van der Waals surface area (Å²) < 4.78 is 5.55. The summed E-state index contributed by atoms with van der Waals surface area (Å²) >= 11 is 0. The van der Waals surface area contributed by atoms with Crippen molar-refractivity contribution in [2.75, 3.05) is 20.7 Å². The van der Waals surface area contributed by atoms with Crippen LogP contribution in [0.4, 0.5) is 0 Å². The van der Waals surface area contributed by atoms with E-state index >= 15 is 0 Å². The van der Waals surface area contributed by atoms with Crippen molar-refractivity contribution in [2.24, 2.45) is 11.3 Å². The molecule has 1 aliphatic heterocycles. The molecular weight excluding hydrogens is 398 g/mol. The molecule has 1 heterocycles. The largest absolute Gasteiger partial charge is 0.504 e. The van der Waals surface area contributed by atoms with Crippen molar-refractivity contribution in [1.29, 1.82) is 0 Å². The zero-order valence-corrected chi connectivity index (χ0v) is 19.1. The van der Waals surface area contributed by atoms with E-state index in [0.29, 0.717) is 24.0 Å². The van der Waals surface area contributed by atoms with Gasteiger partial charge in [0.2, 0.25) is 0 Å². The summed E-state index contributed by atoms with van der Waals surface area (Å²) in [6.07, 6.45) is 4.30. The van der Waals surface area contributed by atoms with Gasteiger partial charge in [-0.25, -0.2) is 0 Å². The number of methoxy groups -OCH3 is 1. The minimum atomic E-state index is -0.350. The molecule has 32 heavy (non-hydrogen) atoms. The van der Waals surface area contributed by atoms with Gasteiger partial charge in [0, 0.05) is 34.8 Å². The predicted molar refractivity (Wildman–Crippen MR) is 125 cm³/mol. The molecule has 6 rings (SSSR count). The number of phenolic OH excluding ortho intramolecular Hbond substituents is 1. The van der Waals surface area contributed by atoms with E-state index in [9.17, 15) is 9.90 Å². The number of piperidine rings is 1. The lowest BCUT2D eigenvalue weighted by molar-refractivity contribution is -0.138. The summed E-state index contributed by atoms with van der Waals surface area (Å²) in [5, 5.41) is 11.5. The Morgan fingerprint density at radius 1 is 1.16 bits per heavy atom. The Balaban J connectivity index is 1.68. The Morgan fingerprint density at radius 3 is 2.69 bits per heavy atom.